The van der Waals surface area contributed by atoms with Gasteiger partial charge in [-0.3, -0.25) is 4.79 Å². The molecule has 2 heteroatoms. The summed E-state index contributed by atoms with van der Waals surface area (Å²) in [5, 5.41) is 0. The van der Waals surface area contributed by atoms with Crippen LogP contribution in [-0.2, 0) is 9.53 Å². The van der Waals surface area contributed by atoms with Crippen molar-refractivity contribution in [1.29, 1.82) is 0 Å². The number of hydrogen-bond donors (Lipinski definition) is 0. The second-order valence-corrected chi connectivity index (χ2v) is 9.50. The lowest BCUT2D eigenvalue weighted by molar-refractivity contribution is -0.298. The van der Waals surface area contributed by atoms with Crippen LogP contribution >= 0.6 is 0 Å². The third-order valence-electron chi connectivity index (χ3n) is 9.13. The van der Waals surface area contributed by atoms with E-state index >= 15 is 0 Å². The molecule has 7 rings (SSSR count). The fraction of sp³-hybridized carbons (Fsp3) is 0.947. The maximum atomic E-state index is 12.1. The van der Waals surface area contributed by atoms with Crippen LogP contribution in [0.4, 0.5) is 0 Å². The highest BCUT2D eigenvalue weighted by Crippen LogP contribution is 2.80. The number of methoxy groups -OCH3 is 1. The molecule has 0 N–H and O–H groups in total. The second kappa shape index (κ2) is 3.68. The first kappa shape index (κ1) is 13.0. The maximum Gasteiger partial charge on any atom is 0.306 e. The van der Waals surface area contributed by atoms with Crippen molar-refractivity contribution < 1.29 is 9.53 Å². The molecule has 8 bridgehead atoms. The molecule has 0 aliphatic heterocycles. The lowest BCUT2D eigenvalue weighted by atomic mass is 9.26. The summed E-state index contributed by atoms with van der Waals surface area (Å²) in [6.07, 6.45) is 7.79. The number of ether oxygens (including phenoxy) is 1. The zero-order valence-corrected chi connectivity index (χ0v) is 13.6. The minimum absolute atomic E-state index is 0.0562. The number of carbonyl (C=O) groups is 1. The van der Waals surface area contributed by atoms with Crippen molar-refractivity contribution in [1.82, 2.24) is 0 Å². The molecule has 5 atom stereocenters. The molecule has 0 aromatic rings. The molecule has 0 aromatic heterocycles. The Hall–Kier alpha value is -0.530. The van der Waals surface area contributed by atoms with Crippen LogP contribution in [0.3, 0.4) is 0 Å². The lowest BCUT2D eigenvalue weighted by Gasteiger charge is -2.78. The van der Waals surface area contributed by atoms with Crippen molar-refractivity contribution in [2.24, 2.45) is 52.3 Å². The molecule has 2 nitrogen and oxygen atoms in total. The van der Waals surface area contributed by atoms with E-state index < -0.39 is 0 Å². The summed E-state index contributed by atoms with van der Waals surface area (Å²) in [5.74, 6) is 6.40. The van der Waals surface area contributed by atoms with Gasteiger partial charge in [0.05, 0.1) is 13.5 Å². The van der Waals surface area contributed by atoms with Crippen molar-refractivity contribution >= 4 is 5.97 Å². The summed E-state index contributed by atoms with van der Waals surface area (Å²) < 4.78 is 5.10. The third kappa shape index (κ3) is 1.31. The Bertz CT molecular complexity index is 486. The smallest absolute Gasteiger partial charge is 0.306 e. The second-order valence-electron chi connectivity index (χ2n) is 9.50. The molecular formula is C19H28O2. The van der Waals surface area contributed by atoms with Crippen LogP contribution < -0.4 is 0 Å². The van der Waals surface area contributed by atoms with Gasteiger partial charge in [-0.25, -0.2) is 0 Å². The average Bonchev–Trinajstić information content (AvgIpc) is 2.45. The number of esters is 1. The molecule has 0 heterocycles. The summed E-state index contributed by atoms with van der Waals surface area (Å²) >= 11 is 0. The minimum atomic E-state index is 0.0562. The number of carbonyl (C=O) groups excluding carboxylic acids is 1. The van der Waals surface area contributed by atoms with Crippen LogP contribution in [0.25, 0.3) is 0 Å². The Kier molecular flexibility index (Phi) is 2.27. The average molecular weight is 288 g/mol. The highest BCUT2D eigenvalue weighted by molar-refractivity contribution is 5.70. The van der Waals surface area contributed by atoms with Gasteiger partial charge in [0.15, 0.2) is 0 Å². The van der Waals surface area contributed by atoms with Crippen LogP contribution in [0.5, 0.6) is 0 Å². The first-order valence-corrected chi connectivity index (χ1v) is 9.05. The van der Waals surface area contributed by atoms with Gasteiger partial charge in [-0.1, -0.05) is 13.8 Å². The molecule has 7 aliphatic rings. The van der Waals surface area contributed by atoms with Crippen LogP contribution in [0, 0.1) is 52.3 Å². The van der Waals surface area contributed by atoms with Crippen LogP contribution in [-0.4, -0.2) is 13.1 Å². The van der Waals surface area contributed by atoms with E-state index in [1.807, 2.05) is 0 Å². The van der Waals surface area contributed by atoms with Gasteiger partial charge < -0.3 is 4.74 Å². The molecule has 0 radical (unpaired) electrons. The SMILES string of the molecule is COC(=O)CC12CC3CC4C5C(C3)C1CC(C)(CC42)C5C. The van der Waals surface area contributed by atoms with E-state index in [4.69, 9.17) is 4.74 Å². The van der Waals surface area contributed by atoms with Crippen molar-refractivity contribution in [3.8, 4) is 0 Å². The molecule has 7 aliphatic carbocycles. The topological polar surface area (TPSA) is 26.3 Å². The van der Waals surface area contributed by atoms with E-state index in [0.717, 1.165) is 47.8 Å². The lowest BCUT2D eigenvalue weighted by Crippen LogP contribution is -2.72. The zero-order chi connectivity index (χ0) is 14.6. The molecule has 21 heavy (non-hydrogen) atoms. The Morgan fingerprint density at radius 1 is 1.14 bits per heavy atom. The van der Waals surface area contributed by atoms with Gasteiger partial charge in [-0.05, 0) is 84.4 Å². The largest absolute Gasteiger partial charge is 0.469 e. The summed E-state index contributed by atoms with van der Waals surface area (Å²) in [6.45, 7) is 5.10. The number of rotatable bonds is 2. The van der Waals surface area contributed by atoms with Crippen LogP contribution in [0.2, 0.25) is 0 Å². The normalized spacial score (nSPS) is 62.3. The molecule has 7 saturated carbocycles. The Morgan fingerprint density at radius 3 is 2.33 bits per heavy atom. The highest BCUT2D eigenvalue weighted by Gasteiger charge is 2.74. The van der Waals surface area contributed by atoms with Crippen molar-refractivity contribution in [3.63, 3.8) is 0 Å². The predicted octanol–water partition coefficient (Wildman–Crippen LogP) is 3.89. The predicted molar refractivity (Wildman–Crippen MR) is 80.4 cm³/mol. The Balaban J connectivity index is 1.62. The van der Waals surface area contributed by atoms with E-state index in [1.54, 1.807) is 7.11 Å². The molecule has 0 saturated heterocycles. The molecule has 0 amide bonds. The number of hydrogen-bond acceptors (Lipinski definition) is 2. The van der Waals surface area contributed by atoms with E-state index in [0.29, 0.717) is 10.8 Å². The molecule has 0 aromatic carbocycles. The molecular weight excluding hydrogens is 260 g/mol. The summed E-state index contributed by atoms with van der Waals surface area (Å²) in [6, 6.07) is 0. The van der Waals surface area contributed by atoms with Crippen molar-refractivity contribution in [2.75, 3.05) is 7.11 Å². The molecule has 0 spiro atoms. The van der Waals surface area contributed by atoms with Gasteiger partial charge in [0.1, 0.15) is 0 Å². The first-order valence-electron chi connectivity index (χ1n) is 9.05. The van der Waals surface area contributed by atoms with Crippen LogP contribution in [0.1, 0.15) is 52.4 Å². The molecule has 5 unspecified atom stereocenters. The van der Waals surface area contributed by atoms with Gasteiger partial charge >= 0.3 is 5.97 Å². The Morgan fingerprint density at radius 2 is 1.76 bits per heavy atom. The fourth-order valence-corrected chi connectivity index (χ4v) is 8.55. The van der Waals surface area contributed by atoms with Crippen molar-refractivity contribution in [3.05, 3.63) is 0 Å². The molecule has 116 valence electrons. The summed E-state index contributed by atoms with van der Waals surface area (Å²) in [5.41, 5.74) is 0.899. The fourth-order valence-electron chi connectivity index (χ4n) is 8.55. The van der Waals surface area contributed by atoms with E-state index in [9.17, 15) is 4.79 Å². The van der Waals surface area contributed by atoms with Gasteiger partial charge in [-0.2, -0.15) is 0 Å². The molecule has 7 fully saturated rings. The van der Waals surface area contributed by atoms with Gasteiger partial charge in [0, 0.05) is 0 Å². The third-order valence-corrected chi connectivity index (χ3v) is 9.13. The zero-order valence-electron chi connectivity index (χ0n) is 13.6. The van der Waals surface area contributed by atoms with Crippen molar-refractivity contribution in [2.45, 2.75) is 52.4 Å². The van der Waals surface area contributed by atoms with E-state index in [-0.39, 0.29) is 5.97 Å². The van der Waals surface area contributed by atoms with Gasteiger partial charge in [0.25, 0.3) is 0 Å². The maximum absolute atomic E-state index is 12.1. The summed E-state index contributed by atoms with van der Waals surface area (Å²) in [4.78, 5) is 12.1. The van der Waals surface area contributed by atoms with E-state index in [2.05, 4.69) is 13.8 Å². The first-order chi connectivity index (χ1) is 9.98. The quantitative estimate of drug-likeness (QED) is 0.720. The highest BCUT2D eigenvalue weighted by atomic mass is 16.5. The van der Waals surface area contributed by atoms with Gasteiger partial charge in [0.2, 0.25) is 0 Å². The van der Waals surface area contributed by atoms with Crippen LogP contribution in [0.15, 0.2) is 0 Å². The monoisotopic (exact) mass is 288 g/mol. The minimum Gasteiger partial charge on any atom is -0.469 e. The standard InChI is InChI=1S/C19H28O2/c1-10-17-12-4-11-5-13(17)15-8-18(10,2)7-14(12)19(15,6-11)9-16(20)21-3/h10-15,17H,4-9H2,1-3H3. The summed E-state index contributed by atoms with van der Waals surface area (Å²) in [7, 11) is 1.57. The van der Waals surface area contributed by atoms with E-state index in [1.165, 1.54) is 32.1 Å². The van der Waals surface area contributed by atoms with Gasteiger partial charge in [-0.15, -0.1) is 0 Å². The Labute approximate surface area is 128 Å².